The van der Waals surface area contributed by atoms with Crippen LogP contribution in [0, 0.1) is 6.92 Å². The molecule has 1 aromatic rings. The number of nitrogens with two attached hydrogens (primary N) is 1. The van der Waals surface area contributed by atoms with Crippen molar-refractivity contribution in [1.29, 1.82) is 0 Å². The third kappa shape index (κ3) is 3.88. The average molecular weight is 451 g/mol. The number of fused-ring (bicyclic) bond motifs is 3. The molecule has 7 nitrogen and oxygen atoms in total. The topological polar surface area (TPSA) is 89.7 Å². The zero-order chi connectivity index (χ0) is 21.7. The van der Waals surface area contributed by atoms with Crippen LogP contribution in [0.25, 0.3) is 0 Å². The van der Waals surface area contributed by atoms with E-state index in [0.717, 1.165) is 17.7 Å². The normalized spacial score (nSPS) is 29.3. The van der Waals surface area contributed by atoms with Crippen molar-refractivity contribution in [3.05, 3.63) is 29.3 Å². The smallest absolute Gasteiger partial charge is 0.311 e. The Morgan fingerprint density at radius 2 is 1.97 bits per heavy atom. The Labute approximate surface area is 189 Å². The number of aryl methyl sites for hydroxylation is 1. The third-order valence-corrected chi connectivity index (χ3v) is 7.60. The molecule has 3 aliphatic rings. The number of ketones is 1. The van der Waals surface area contributed by atoms with Crippen LogP contribution in [0.2, 0.25) is 0 Å². The summed E-state index contributed by atoms with van der Waals surface area (Å²) in [4.78, 5) is 39.6. The molecule has 170 valence electrons. The van der Waals surface area contributed by atoms with Crippen molar-refractivity contribution in [2.24, 2.45) is 5.73 Å². The highest BCUT2D eigenvalue weighted by atomic mass is 35.5. The number of amides is 2. The summed E-state index contributed by atoms with van der Waals surface area (Å²) in [7, 11) is 0. The van der Waals surface area contributed by atoms with Crippen molar-refractivity contribution < 1.29 is 23.6 Å². The molecule has 8 heteroatoms. The fraction of sp³-hybridized carbons (Fsp3) is 0.609. The molecule has 2 fully saturated rings. The monoisotopic (exact) mass is 450 g/mol. The molecule has 4 rings (SSSR count). The van der Waals surface area contributed by atoms with Crippen LogP contribution < -0.4 is 10.5 Å². The maximum absolute atomic E-state index is 13.3. The van der Waals surface area contributed by atoms with Crippen LogP contribution in [0.1, 0.15) is 44.2 Å². The van der Waals surface area contributed by atoms with Gasteiger partial charge in [0, 0.05) is 43.5 Å². The summed E-state index contributed by atoms with van der Waals surface area (Å²) in [6.07, 6.45) is 1.18. The number of primary amides is 1. The summed E-state index contributed by atoms with van der Waals surface area (Å²) in [5.74, 6) is 0.666. The van der Waals surface area contributed by atoms with Crippen molar-refractivity contribution in [2.45, 2.75) is 57.6 Å². The molecule has 0 aromatic heterocycles. The Hall–Kier alpha value is -1.96. The lowest BCUT2D eigenvalue weighted by atomic mass is 9.66. The molecule has 2 heterocycles. The molecule has 2 aliphatic heterocycles. The molecule has 0 radical (unpaired) electrons. The minimum absolute atomic E-state index is 0. The summed E-state index contributed by atoms with van der Waals surface area (Å²) in [5, 5.41) is 0. The predicted octanol–water partition coefficient (Wildman–Crippen LogP) is 1.72. The van der Waals surface area contributed by atoms with E-state index in [0.29, 0.717) is 45.6 Å². The number of Topliss-reactive ketones (excluding diaryl/α,β-unsaturated/α-hetero) is 1. The molecule has 1 aliphatic carbocycles. The number of piperazine rings is 1. The van der Waals surface area contributed by atoms with Crippen molar-refractivity contribution in [2.75, 3.05) is 32.7 Å². The van der Waals surface area contributed by atoms with Crippen molar-refractivity contribution in [3.63, 3.8) is 0 Å². The number of hydrogen-bond acceptors (Lipinski definition) is 5. The summed E-state index contributed by atoms with van der Waals surface area (Å²) in [6.45, 7) is 8.86. The maximum atomic E-state index is 13.3. The van der Waals surface area contributed by atoms with Gasteiger partial charge in [-0.05, 0) is 19.4 Å². The highest BCUT2D eigenvalue weighted by molar-refractivity contribution is 5.88. The highest BCUT2D eigenvalue weighted by Crippen LogP contribution is 2.51. The van der Waals surface area contributed by atoms with E-state index in [1.165, 1.54) is 5.56 Å². The SMILES string of the molecule is CC(=O)[N+]1([C@@H]2C(=O)CC[C@]3(C)c4cc(C)ccc4O[C@H]23)CCN(CCC(N)=O)CC1.Cl. The zero-order valence-corrected chi connectivity index (χ0v) is 19.4. The first-order valence-electron chi connectivity index (χ1n) is 10.9. The number of ether oxygens (including phenoxy) is 1. The second-order valence-electron chi connectivity index (χ2n) is 9.42. The minimum Gasteiger partial charge on any atom is -0.482 e. The second-order valence-corrected chi connectivity index (χ2v) is 9.42. The van der Waals surface area contributed by atoms with Gasteiger partial charge in [0.15, 0.2) is 17.9 Å². The van der Waals surface area contributed by atoms with Gasteiger partial charge in [-0.15, -0.1) is 12.4 Å². The Balaban J connectivity index is 0.00000272. The molecule has 1 saturated carbocycles. The molecule has 31 heavy (non-hydrogen) atoms. The summed E-state index contributed by atoms with van der Waals surface area (Å²) in [6, 6.07) is 5.70. The maximum Gasteiger partial charge on any atom is 0.311 e. The average Bonchev–Trinajstić information content (AvgIpc) is 2.99. The number of rotatable bonds is 4. The first-order chi connectivity index (χ1) is 14.2. The summed E-state index contributed by atoms with van der Waals surface area (Å²) < 4.78 is 6.56. The Kier molecular flexibility index (Phi) is 6.52. The number of nitrogens with zero attached hydrogens (tertiary/aromatic N) is 2. The fourth-order valence-electron chi connectivity index (χ4n) is 5.68. The largest absolute Gasteiger partial charge is 0.482 e. The lowest BCUT2D eigenvalue weighted by molar-refractivity contribution is -0.878. The molecule has 0 bridgehead atoms. The van der Waals surface area contributed by atoms with Gasteiger partial charge in [-0.2, -0.15) is 0 Å². The van der Waals surface area contributed by atoms with Crippen molar-refractivity contribution in [1.82, 2.24) is 4.90 Å². The zero-order valence-electron chi connectivity index (χ0n) is 18.6. The van der Waals surface area contributed by atoms with E-state index in [4.69, 9.17) is 10.5 Å². The van der Waals surface area contributed by atoms with Crippen LogP contribution in [0.5, 0.6) is 5.75 Å². The minimum atomic E-state index is -0.493. The van der Waals surface area contributed by atoms with Gasteiger partial charge in [0.05, 0.1) is 20.0 Å². The van der Waals surface area contributed by atoms with E-state index in [-0.39, 0.29) is 46.0 Å². The van der Waals surface area contributed by atoms with Gasteiger partial charge < -0.3 is 10.5 Å². The second kappa shape index (κ2) is 8.52. The number of carbonyl (C=O) groups is 3. The molecule has 2 amide bonds. The highest BCUT2D eigenvalue weighted by Gasteiger charge is 2.63. The molecule has 2 N–H and O–H groups in total. The Morgan fingerprint density at radius 3 is 2.58 bits per heavy atom. The van der Waals surface area contributed by atoms with Gasteiger partial charge in [-0.25, -0.2) is 9.28 Å². The van der Waals surface area contributed by atoms with Crippen molar-refractivity contribution in [3.8, 4) is 5.75 Å². The first-order valence-corrected chi connectivity index (χ1v) is 10.9. The molecular formula is C23H33ClN3O4+. The van der Waals surface area contributed by atoms with E-state index < -0.39 is 6.04 Å². The number of benzene rings is 1. The van der Waals surface area contributed by atoms with Gasteiger partial charge >= 0.3 is 5.91 Å². The number of hydrogen-bond donors (Lipinski definition) is 1. The predicted molar refractivity (Wildman–Crippen MR) is 119 cm³/mol. The molecule has 0 unspecified atom stereocenters. The standard InChI is InChI=1S/C23H31N3O4.ClH/c1-15-4-5-19-17(14-15)23(3)8-6-18(28)21(22(23)30-19)26(16(2)27)12-10-25(11-13-26)9-7-20(24)29;/h4-5,14,21-22H,6-13H2,1-3H3,(H-,24,29);1H/p+1/t21-,22-,23-;/m1./s1. The summed E-state index contributed by atoms with van der Waals surface area (Å²) in [5.41, 5.74) is 7.34. The first kappa shape index (κ1) is 23.7. The van der Waals surface area contributed by atoms with Gasteiger partial charge in [0.1, 0.15) is 5.75 Å². The van der Waals surface area contributed by atoms with E-state index in [9.17, 15) is 14.4 Å². The quantitative estimate of drug-likeness (QED) is 0.705. The van der Waals surface area contributed by atoms with Crippen LogP contribution in [0.4, 0.5) is 0 Å². The van der Waals surface area contributed by atoms with E-state index >= 15 is 0 Å². The van der Waals surface area contributed by atoms with Crippen LogP contribution in [0.15, 0.2) is 18.2 Å². The molecular weight excluding hydrogens is 418 g/mol. The van der Waals surface area contributed by atoms with Gasteiger partial charge in [-0.3, -0.25) is 14.5 Å². The van der Waals surface area contributed by atoms with Crippen LogP contribution in [-0.2, 0) is 19.8 Å². The molecule has 3 atom stereocenters. The number of quaternary nitrogens is 1. The van der Waals surface area contributed by atoms with E-state index in [1.54, 1.807) is 6.92 Å². The molecule has 1 saturated heterocycles. The van der Waals surface area contributed by atoms with Gasteiger partial charge in [0.25, 0.3) is 0 Å². The van der Waals surface area contributed by atoms with Crippen LogP contribution in [-0.4, -0.2) is 71.9 Å². The summed E-state index contributed by atoms with van der Waals surface area (Å²) >= 11 is 0. The van der Waals surface area contributed by atoms with E-state index in [2.05, 4.69) is 24.8 Å². The van der Waals surface area contributed by atoms with Crippen LogP contribution in [0.3, 0.4) is 0 Å². The van der Waals surface area contributed by atoms with E-state index in [1.807, 2.05) is 12.1 Å². The molecule has 1 aromatic carbocycles. The van der Waals surface area contributed by atoms with Gasteiger partial charge in [-0.1, -0.05) is 24.6 Å². The fourth-order valence-corrected chi connectivity index (χ4v) is 5.68. The van der Waals surface area contributed by atoms with Crippen LogP contribution >= 0.6 is 12.4 Å². The number of carbonyl (C=O) groups excluding carboxylic acids is 3. The van der Waals surface area contributed by atoms with Gasteiger partial charge in [0.2, 0.25) is 5.91 Å². The lowest BCUT2D eigenvalue weighted by Gasteiger charge is -2.51. The Bertz CT molecular complexity index is 897. The number of halogens is 1. The third-order valence-electron chi connectivity index (χ3n) is 7.60. The van der Waals surface area contributed by atoms with Crippen molar-refractivity contribution >= 4 is 30.0 Å². The lowest BCUT2D eigenvalue weighted by Crippen LogP contribution is -2.74. The molecule has 0 spiro atoms. The Morgan fingerprint density at radius 1 is 1.29 bits per heavy atom.